The van der Waals surface area contributed by atoms with Crippen molar-refractivity contribution in [3.8, 4) is 0 Å². The van der Waals surface area contributed by atoms with Gasteiger partial charge in [-0.1, -0.05) is 32.0 Å². The van der Waals surface area contributed by atoms with E-state index in [4.69, 9.17) is 0 Å². The molecular formula is C18H25F3N2O. The van der Waals surface area contributed by atoms with Gasteiger partial charge in [-0.3, -0.25) is 9.69 Å². The van der Waals surface area contributed by atoms with Crippen LogP contribution in [0.4, 0.5) is 18.9 Å². The smallest absolute Gasteiger partial charge is 0.324 e. The van der Waals surface area contributed by atoms with Gasteiger partial charge in [-0.15, -0.1) is 0 Å². The summed E-state index contributed by atoms with van der Waals surface area (Å²) in [6.07, 6.45) is -3.59. The highest BCUT2D eigenvalue weighted by Gasteiger charge is 2.43. The number of anilines is 1. The molecule has 2 unspecified atom stereocenters. The fraction of sp³-hybridized carbons (Fsp3) is 0.611. The number of para-hydroxylation sites is 1. The van der Waals surface area contributed by atoms with E-state index in [2.05, 4.69) is 5.32 Å². The van der Waals surface area contributed by atoms with Crippen molar-refractivity contribution in [2.45, 2.75) is 51.7 Å². The van der Waals surface area contributed by atoms with Gasteiger partial charge in [0.25, 0.3) is 0 Å². The van der Waals surface area contributed by atoms with Crippen LogP contribution in [-0.4, -0.2) is 36.1 Å². The third-order valence-corrected chi connectivity index (χ3v) is 4.68. The molecule has 0 radical (unpaired) electrons. The summed E-state index contributed by atoms with van der Waals surface area (Å²) in [5, 5.41) is 2.88. The van der Waals surface area contributed by atoms with Crippen LogP contribution in [0.1, 0.15) is 45.1 Å². The maximum absolute atomic E-state index is 12.9. The van der Waals surface area contributed by atoms with Crippen LogP contribution in [0.2, 0.25) is 0 Å². The molecule has 6 heteroatoms. The van der Waals surface area contributed by atoms with Crippen molar-refractivity contribution < 1.29 is 18.0 Å². The second kappa shape index (κ2) is 7.55. The zero-order chi connectivity index (χ0) is 17.9. The van der Waals surface area contributed by atoms with E-state index in [9.17, 15) is 18.0 Å². The summed E-state index contributed by atoms with van der Waals surface area (Å²) in [6.45, 7) is 6.16. The molecule has 1 aliphatic heterocycles. The lowest BCUT2D eigenvalue weighted by Gasteiger charge is -2.36. The average Bonchev–Trinajstić information content (AvgIpc) is 2.53. The Kier molecular flexibility index (Phi) is 5.91. The fourth-order valence-corrected chi connectivity index (χ4v) is 3.14. The quantitative estimate of drug-likeness (QED) is 0.879. The van der Waals surface area contributed by atoms with Crippen molar-refractivity contribution in [1.82, 2.24) is 4.90 Å². The summed E-state index contributed by atoms with van der Waals surface area (Å²) in [6, 6.07) is 6.94. The van der Waals surface area contributed by atoms with Crippen LogP contribution in [0.25, 0.3) is 0 Å². The van der Waals surface area contributed by atoms with Gasteiger partial charge < -0.3 is 5.32 Å². The first-order chi connectivity index (χ1) is 11.2. The van der Waals surface area contributed by atoms with Crippen LogP contribution < -0.4 is 5.32 Å². The lowest BCUT2D eigenvalue weighted by atomic mass is 9.96. The first-order valence-electron chi connectivity index (χ1n) is 8.40. The normalized spacial score (nSPS) is 20.9. The van der Waals surface area contributed by atoms with E-state index in [1.807, 2.05) is 38.1 Å². The number of rotatable bonds is 4. The van der Waals surface area contributed by atoms with E-state index in [0.29, 0.717) is 13.0 Å². The average molecular weight is 342 g/mol. The third-order valence-electron chi connectivity index (χ3n) is 4.68. The number of hydrogen-bond donors (Lipinski definition) is 1. The van der Waals surface area contributed by atoms with Crippen molar-refractivity contribution in [3.63, 3.8) is 0 Å². The molecule has 1 amide bonds. The second-order valence-electron chi connectivity index (χ2n) is 6.78. The highest BCUT2D eigenvalue weighted by atomic mass is 19.4. The molecule has 1 aromatic carbocycles. The minimum absolute atomic E-state index is 0.107. The molecule has 1 aromatic rings. The van der Waals surface area contributed by atoms with Crippen molar-refractivity contribution in [1.29, 1.82) is 0 Å². The minimum Gasteiger partial charge on any atom is -0.324 e. The molecule has 2 rings (SSSR count). The predicted octanol–water partition coefficient (Wildman–Crippen LogP) is 4.41. The third kappa shape index (κ3) is 4.50. The van der Waals surface area contributed by atoms with E-state index in [1.54, 1.807) is 11.8 Å². The van der Waals surface area contributed by atoms with Gasteiger partial charge in [0.05, 0.1) is 12.0 Å². The molecule has 1 heterocycles. The molecule has 0 bridgehead atoms. The summed E-state index contributed by atoms with van der Waals surface area (Å²) in [5.74, 6) is -1.35. The number of carbonyl (C=O) groups is 1. The van der Waals surface area contributed by atoms with E-state index in [1.165, 1.54) is 0 Å². The number of alkyl halides is 3. The van der Waals surface area contributed by atoms with Crippen molar-refractivity contribution in [2.24, 2.45) is 5.92 Å². The number of amides is 1. The van der Waals surface area contributed by atoms with Gasteiger partial charge in [0.15, 0.2) is 0 Å². The Morgan fingerprint density at radius 1 is 1.25 bits per heavy atom. The summed E-state index contributed by atoms with van der Waals surface area (Å²) in [7, 11) is 0. The highest BCUT2D eigenvalue weighted by molar-refractivity contribution is 5.95. The number of likely N-dealkylation sites (tertiary alicyclic amines) is 1. The number of halogens is 3. The first-order valence-corrected chi connectivity index (χ1v) is 8.40. The molecule has 1 N–H and O–H groups in total. The van der Waals surface area contributed by atoms with Crippen LogP contribution in [0.5, 0.6) is 0 Å². The van der Waals surface area contributed by atoms with Crippen LogP contribution in [0, 0.1) is 5.92 Å². The van der Waals surface area contributed by atoms with Gasteiger partial charge in [-0.25, -0.2) is 0 Å². The van der Waals surface area contributed by atoms with E-state index < -0.39 is 18.1 Å². The molecule has 0 aliphatic carbocycles. The van der Waals surface area contributed by atoms with Gasteiger partial charge in [0.2, 0.25) is 5.91 Å². The zero-order valence-electron chi connectivity index (χ0n) is 14.4. The summed E-state index contributed by atoms with van der Waals surface area (Å²) < 4.78 is 38.8. The Balaban J connectivity index is 2.05. The lowest BCUT2D eigenvalue weighted by Crippen LogP contribution is -2.49. The Morgan fingerprint density at radius 3 is 2.54 bits per heavy atom. The summed E-state index contributed by atoms with van der Waals surface area (Å²) >= 11 is 0. The SMILES string of the molecule is CC(C)c1ccccc1NC(=O)C(C)N1CCCC(C(F)(F)F)C1. The number of piperidine rings is 1. The summed E-state index contributed by atoms with van der Waals surface area (Å²) in [5.41, 5.74) is 1.75. The number of carbonyl (C=O) groups excluding carboxylic acids is 1. The molecule has 2 atom stereocenters. The van der Waals surface area contributed by atoms with Crippen molar-refractivity contribution >= 4 is 11.6 Å². The molecule has 24 heavy (non-hydrogen) atoms. The number of nitrogens with one attached hydrogen (secondary N) is 1. The predicted molar refractivity (Wildman–Crippen MR) is 89.0 cm³/mol. The van der Waals surface area contributed by atoms with E-state index in [-0.39, 0.29) is 24.8 Å². The molecule has 0 spiro atoms. The minimum atomic E-state index is -4.20. The van der Waals surface area contributed by atoms with Crippen LogP contribution >= 0.6 is 0 Å². The Morgan fingerprint density at radius 2 is 1.92 bits per heavy atom. The molecule has 0 saturated carbocycles. The van der Waals surface area contributed by atoms with Crippen molar-refractivity contribution in [3.05, 3.63) is 29.8 Å². The topological polar surface area (TPSA) is 32.3 Å². The highest BCUT2D eigenvalue weighted by Crippen LogP contribution is 2.34. The van der Waals surface area contributed by atoms with Crippen LogP contribution in [0.15, 0.2) is 24.3 Å². The second-order valence-corrected chi connectivity index (χ2v) is 6.78. The zero-order valence-corrected chi connectivity index (χ0v) is 14.4. The largest absolute Gasteiger partial charge is 0.393 e. The molecule has 1 fully saturated rings. The van der Waals surface area contributed by atoms with Crippen LogP contribution in [-0.2, 0) is 4.79 Å². The van der Waals surface area contributed by atoms with Gasteiger partial charge in [0, 0.05) is 12.2 Å². The van der Waals surface area contributed by atoms with Gasteiger partial charge >= 0.3 is 6.18 Å². The Labute approximate surface area is 141 Å². The maximum Gasteiger partial charge on any atom is 0.393 e. The first kappa shape index (κ1) is 18.8. The number of nitrogens with zero attached hydrogens (tertiary/aromatic N) is 1. The van der Waals surface area contributed by atoms with E-state index >= 15 is 0 Å². The Bertz CT molecular complexity index is 572. The molecule has 1 aliphatic rings. The van der Waals surface area contributed by atoms with Gasteiger partial charge in [0.1, 0.15) is 0 Å². The molecule has 1 saturated heterocycles. The standard InChI is InChI=1S/C18H25F3N2O/c1-12(2)15-8-4-5-9-16(15)22-17(24)13(3)23-10-6-7-14(11-23)18(19,20)21/h4-5,8-9,12-14H,6-7,10-11H2,1-3H3,(H,22,24). The maximum atomic E-state index is 12.9. The molecule has 134 valence electrons. The lowest BCUT2D eigenvalue weighted by molar-refractivity contribution is -0.188. The number of benzene rings is 1. The van der Waals surface area contributed by atoms with Gasteiger partial charge in [-0.2, -0.15) is 13.2 Å². The fourth-order valence-electron chi connectivity index (χ4n) is 3.14. The monoisotopic (exact) mass is 342 g/mol. The molecular weight excluding hydrogens is 317 g/mol. The Hall–Kier alpha value is -1.56. The van der Waals surface area contributed by atoms with Gasteiger partial charge in [-0.05, 0) is 43.9 Å². The van der Waals surface area contributed by atoms with Crippen molar-refractivity contribution in [2.75, 3.05) is 18.4 Å². The molecule has 0 aromatic heterocycles. The molecule has 3 nitrogen and oxygen atoms in total. The summed E-state index contributed by atoms with van der Waals surface area (Å²) in [4.78, 5) is 14.1. The number of hydrogen-bond acceptors (Lipinski definition) is 2. The van der Waals surface area contributed by atoms with E-state index in [0.717, 1.165) is 11.3 Å². The van der Waals surface area contributed by atoms with Crippen LogP contribution in [0.3, 0.4) is 0 Å².